The highest BCUT2D eigenvalue weighted by Gasteiger charge is 2.26. The first-order valence-electron chi connectivity index (χ1n) is 7.82. The van der Waals surface area contributed by atoms with Crippen molar-refractivity contribution >= 4 is 29.1 Å². The van der Waals surface area contributed by atoms with Crippen LogP contribution in [0.25, 0.3) is 10.8 Å². The van der Waals surface area contributed by atoms with Crippen molar-refractivity contribution in [3.8, 4) is 0 Å². The lowest BCUT2D eigenvalue weighted by Crippen LogP contribution is -2.45. The third-order valence-corrected chi connectivity index (χ3v) is 4.53. The first kappa shape index (κ1) is 17.5. The number of hydrogen-bond donors (Lipinski definition) is 3. The molecule has 1 fully saturated rings. The highest BCUT2D eigenvalue weighted by Crippen LogP contribution is 2.23. The summed E-state index contributed by atoms with van der Waals surface area (Å²) in [6, 6.07) is 9.08. The fraction of sp³-hybridized carbons (Fsp3) is 0.412. The number of nitrogens with two attached hydrogens (primary N) is 1. The van der Waals surface area contributed by atoms with Gasteiger partial charge in [0.05, 0.1) is 0 Å². The van der Waals surface area contributed by atoms with Gasteiger partial charge in [-0.25, -0.2) is 0 Å². The number of carbonyl (C=O) groups excluding carboxylic acids is 1. The monoisotopic (exact) mass is 335 g/mol. The van der Waals surface area contributed by atoms with Crippen LogP contribution >= 0.6 is 12.4 Å². The number of amides is 1. The minimum absolute atomic E-state index is 0. The molecule has 1 saturated carbocycles. The van der Waals surface area contributed by atoms with Crippen LogP contribution in [0, 0.1) is 5.92 Å². The number of rotatable bonds is 3. The summed E-state index contributed by atoms with van der Waals surface area (Å²) < 4.78 is 0. The van der Waals surface area contributed by atoms with E-state index in [0.29, 0.717) is 23.5 Å². The molecule has 1 heterocycles. The fourth-order valence-corrected chi connectivity index (χ4v) is 3.26. The number of fused-ring (bicyclic) bond motifs is 1. The zero-order valence-corrected chi connectivity index (χ0v) is 13.7. The van der Waals surface area contributed by atoms with Gasteiger partial charge in [0, 0.05) is 11.4 Å². The topological polar surface area (TPSA) is 88.0 Å². The van der Waals surface area contributed by atoms with E-state index in [0.717, 1.165) is 24.6 Å². The molecule has 0 saturated heterocycles. The van der Waals surface area contributed by atoms with Gasteiger partial charge in [-0.3, -0.25) is 9.59 Å². The lowest BCUT2D eigenvalue weighted by atomic mass is 9.84. The molecule has 0 radical (unpaired) electrons. The number of benzene rings is 1. The Labute approximate surface area is 141 Å². The van der Waals surface area contributed by atoms with Gasteiger partial charge in [0.1, 0.15) is 5.69 Å². The molecular formula is C17H22ClN3O2. The fourth-order valence-electron chi connectivity index (χ4n) is 3.26. The molecule has 1 aromatic heterocycles. The molecular weight excluding hydrogens is 314 g/mol. The molecule has 3 rings (SSSR count). The maximum absolute atomic E-state index is 12.4. The third kappa shape index (κ3) is 3.74. The number of aromatic amines is 1. The Balaban J connectivity index is 0.00000192. The van der Waals surface area contributed by atoms with Gasteiger partial charge in [-0.2, -0.15) is 0 Å². The van der Waals surface area contributed by atoms with E-state index >= 15 is 0 Å². The van der Waals surface area contributed by atoms with Crippen molar-refractivity contribution in [3.63, 3.8) is 0 Å². The van der Waals surface area contributed by atoms with Gasteiger partial charge >= 0.3 is 0 Å². The molecule has 0 aliphatic heterocycles. The SMILES string of the molecule is Cl.NCC1CCCCC1NC(=O)c1cc2ccccc2c(=O)[nH]1. The van der Waals surface area contributed by atoms with Crippen molar-refractivity contribution in [3.05, 3.63) is 46.4 Å². The van der Waals surface area contributed by atoms with Gasteiger partial charge in [0.2, 0.25) is 0 Å². The molecule has 0 bridgehead atoms. The average Bonchev–Trinajstić information content (AvgIpc) is 2.55. The van der Waals surface area contributed by atoms with Crippen molar-refractivity contribution in [2.45, 2.75) is 31.7 Å². The second kappa shape index (κ2) is 7.62. The quantitative estimate of drug-likeness (QED) is 0.803. The van der Waals surface area contributed by atoms with E-state index in [9.17, 15) is 9.59 Å². The predicted molar refractivity (Wildman–Crippen MR) is 94.1 cm³/mol. The molecule has 124 valence electrons. The molecule has 1 aliphatic rings. The van der Waals surface area contributed by atoms with E-state index in [-0.39, 0.29) is 29.9 Å². The molecule has 6 heteroatoms. The molecule has 2 aromatic rings. The van der Waals surface area contributed by atoms with Crippen LogP contribution in [0.2, 0.25) is 0 Å². The van der Waals surface area contributed by atoms with Gasteiger partial charge in [-0.05, 0) is 42.8 Å². The van der Waals surface area contributed by atoms with Gasteiger partial charge in [0.15, 0.2) is 0 Å². The Morgan fingerprint density at radius 1 is 1.26 bits per heavy atom. The van der Waals surface area contributed by atoms with E-state index in [4.69, 9.17) is 5.73 Å². The van der Waals surface area contributed by atoms with Crippen molar-refractivity contribution in [2.75, 3.05) is 6.54 Å². The van der Waals surface area contributed by atoms with E-state index in [2.05, 4.69) is 10.3 Å². The van der Waals surface area contributed by atoms with Crippen LogP contribution in [0.5, 0.6) is 0 Å². The number of carbonyl (C=O) groups is 1. The zero-order valence-electron chi connectivity index (χ0n) is 12.9. The van der Waals surface area contributed by atoms with Crippen LogP contribution in [0.1, 0.15) is 36.2 Å². The number of H-pyrrole nitrogens is 1. The van der Waals surface area contributed by atoms with Crippen LogP contribution in [-0.2, 0) is 0 Å². The molecule has 1 aliphatic carbocycles. The summed E-state index contributed by atoms with van der Waals surface area (Å²) in [7, 11) is 0. The summed E-state index contributed by atoms with van der Waals surface area (Å²) in [6.45, 7) is 0.583. The molecule has 2 atom stereocenters. The lowest BCUT2D eigenvalue weighted by molar-refractivity contribution is 0.0903. The summed E-state index contributed by atoms with van der Waals surface area (Å²) in [5, 5.41) is 4.41. The number of aromatic nitrogens is 1. The Hall–Kier alpha value is -1.85. The number of halogens is 1. The maximum atomic E-state index is 12.4. The molecule has 1 amide bonds. The van der Waals surface area contributed by atoms with Crippen LogP contribution in [-0.4, -0.2) is 23.5 Å². The van der Waals surface area contributed by atoms with E-state index < -0.39 is 0 Å². The average molecular weight is 336 g/mol. The molecule has 2 unspecified atom stereocenters. The highest BCUT2D eigenvalue weighted by atomic mass is 35.5. The lowest BCUT2D eigenvalue weighted by Gasteiger charge is -2.31. The summed E-state index contributed by atoms with van der Waals surface area (Å²) in [4.78, 5) is 27.2. The normalized spacial score (nSPS) is 20.7. The predicted octanol–water partition coefficient (Wildman–Crippen LogP) is 2.20. The minimum Gasteiger partial charge on any atom is -0.348 e. The van der Waals surface area contributed by atoms with Crippen molar-refractivity contribution in [2.24, 2.45) is 11.7 Å². The molecule has 0 spiro atoms. The Morgan fingerprint density at radius 3 is 2.78 bits per heavy atom. The highest BCUT2D eigenvalue weighted by molar-refractivity contribution is 5.96. The molecule has 23 heavy (non-hydrogen) atoms. The van der Waals surface area contributed by atoms with Crippen molar-refractivity contribution < 1.29 is 4.79 Å². The first-order valence-corrected chi connectivity index (χ1v) is 7.82. The molecule has 4 N–H and O–H groups in total. The second-order valence-corrected chi connectivity index (χ2v) is 5.96. The Morgan fingerprint density at radius 2 is 2.00 bits per heavy atom. The Bertz CT molecular complexity index is 744. The van der Waals surface area contributed by atoms with E-state index in [1.54, 1.807) is 12.1 Å². The number of pyridine rings is 1. The van der Waals surface area contributed by atoms with Crippen LogP contribution in [0.15, 0.2) is 35.1 Å². The first-order chi connectivity index (χ1) is 10.7. The van der Waals surface area contributed by atoms with Crippen LogP contribution in [0.3, 0.4) is 0 Å². The summed E-state index contributed by atoms with van der Waals surface area (Å²) >= 11 is 0. The molecule has 5 nitrogen and oxygen atoms in total. The smallest absolute Gasteiger partial charge is 0.268 e. The van der Waals surface area contributed by atoms with Crippen LogP contribution in [0.4, 0.5) is 0 Å². The summed E-state index contributed by atoms with van der Waals surface area (Å²) in [5.74, 6) is 0.0954. The summed E-state index contributed by atoms with van der Waals surface area (Å²) in [5.41, 5.74) is 5.87. The minimum atomic E-state index is -0.234. The largest absolute Gasteiger partial charge is 0.348 e. The Kier molecular flexibility index (Phi) is 5.80. The summed E-state index contributed by atoms with van der Waals surface area (Å²) in [6.07, 6.45) is 4.28. The maximum Gasteiger partial charge on any atom is 0.268 e. The van der Waals surface area contributed by atoms with E-state index in [1.165, 1.54) is 6.42 Å². The number of hydrogen-bond acceptors (Lipinski definition) is 3. The second-order valence-electron chi connectivity index (χ2n) is 5.96. The third-order valence-electron chi connectivity index (χ3n) is 4.53. The van der Waals surface area contributed by atoms with Crippen LogP contribution < -0.4 is 16.6 Å². The van der Waals surface area contributed by atoms with E-state index in [1.807, 2.05) is 18.2 Å². The van der Waals surface area contributed by atoms with Gasteiger partial charge in [-0.1, -0.05) is 31.0 Å². The van der Waals surface area contributed by atoms with Crippen molar-refractivity contribution in [1.82, 2.24) is 10.3 Å². The standard InChI is InChI=1S/C17H21N3O2.ClH/c18-10-12-6-2-4-8-14(12)19-17(22)15-9-11-5-1-3-7-13(11)16(21)20-15;/h1,3,5,7,9,12,14H,2,4,6,8,10,18H2,(H,19,22)(H,20,21);1H. The zero-order chi connectivity index (χ0) is 15.5. The number of nitrogens with one attached hydrogen (secondary N) is 2. The molecule has 1 aromatic carbocycles. The van der Waals surface area contributed by atoms with Gasteiger partial charge < -0.3 is 16.0 Å². The van der Waals surface area contributed by atoms with Gasteiger partial charge in [0.25, 0.3) is 11.5 Å². The van der Waals surface area contributed by atoms with Gasteiger partial charge in [-0.15, -0.1) is 12.4 Å². The van der Waals surface area contributed by atoms with Crippen molar-refractivity contribution in [1.29, 1.82) is 0 Å².